The van der Waals surface area contributed by atoms with E-state index in [9.17, 15) is 4.79 Å². The van der Waals surface area contributed by atoms with Gasteiger partial charge in [-0.1, -0.05) is 24.2 Å². The summed E-state index contributed by atoms with van der Waals surface area (Å²) in [7, 11) is 0. The minimum Gasteiger partial charge on any atom is -0.476 e. The molecule has 0 aliphatic rings. The molecule has 0 amide bonds. The Morgan fingerprint density at radius 2 is 2.21 bits per heavy atom. The van der Waals surface area contributed by atoms with Crippen molar-refractivity contribution in [1.82, 2.24) is 25.1 Å². The average molecular weight is 265 g/mol. The van der Waals surface area contributed by atoms with Crippen LogP contribution in [0.5, 0.6) is 0 Å². The molecule has 0 aliphatic heterocycles. The van der Waals surface area contributed by atoms with Gasteiger partial charge in [-0.15, -0.1) is 5.10 Å². The Labute approximate surface area is 109 Å². The van der Waals surface area contributed by atoms with Crippen molar-refractivity contribution >= 4 is 5.97 Å². The first-order valence-electron chi connectivity index (χ1n) is 6.12. The number of rotatable bonds is 6. The van der Waals surface area contributed by atoms with Crippen molar-refractivity contribution in [2.75, 3.05) is 0 Å². The summed E-state index contributed by atoms with van der Waals surface area (Å²) in [6.45, 7) is 4.11. The van der Waals surface area contributed by atoms with Crippen molar-refractivity contribution in [1.29, 1.82) is 0 Å². The predicted octanol–water partition coefficient (Wildman–Crippen LogP) is 0.923. The lowest BCUT2D eigenvalue weighted by molar-refractivity contribution is 0.0689. The second kappa shape index (κ2) is 5.59. The maximum absolute atomic E-state index is 11.0. The standard InChI is InChI=1S/C11H15N5O3/c1-3-5-8-12-9(19-14-8)6-16-7(4-2)10(11(17)18)13-15-16/h3-6H2,1-2H3,(H,17,18). The Morgan fingerprint density at radius 1 is 1.42 bits per heavy atom. The molecule has 2 aromatic rings. The average Bonchev–Trinajstić information content (AvgIpc) is 2.97. The summed E-state index contributed by atoms with van der Waals surface area (Å²) in [5.74, 6) is -0.0330. The van der Waals surface area contributed by atoms with Gasteiger partial charge in [0.2, 0.25) is 5.89 Å². The van der Waals surface area contributed by atoms with Gasteiger partial charge in [-0.2, -0.15) is 4.98 Å². The van der Waals surface area contributed by atoms with Crippen LogP contribution in [0.1, 0.15) is 48.2 Å². The predicted molar refractivity (Wildman–Crippen MR) is 63.8 cm³/mol. The van der Waals surface area contributed by atoms with E-state index in [-0.39, 0.29) is 12.2 Å². The third-order valence-corrected chi connectivity index (χ3v) is 2.64. The van der Waals surface area contributed by atoms with E-state index in [1.165, 1.54) is 4.68 Å². The molecule has 0 aromatic carbocycles. The van der Waals surface area contributed by atoms with Crippen molar-refractivity contribution in [3.63, 3.8) is 0 Å². The summed E-state index contributed by atoms with van der Waals surface area (Å²) in [5.41, 5.74) is 0.513. The molecule has 0 spiro atoms. The fourth-order valence-corrected chi connectivity index (χ4v) is 1.78. The number of hydrogen-bond donors (Lipinski definition) is 1. The third-order valence-electron chi connectivity index (χ3n) is 2.64. The quantitative estimate of drug-likeness (QED) is 0.827. The lowest BCUT2D eigenvalue weighted by Gasteiger charge is -2.00. The van der Waals surface area contributed by atoms with Gasteiger partial charge in [0.15, 0.2) is 11.5 Å². The minimum absolute atomic E-state index is 0.0317. The van der Waals surface area contributed by atoms with Crippen molar-refractivity contribution in [2.24, 2.45) is 0 Å². The number of carboxylic acid groups (broad SMARTS) is 1. The first kappa shape index (κ1) is 13.2. The summed E-state index contributed by atoms with van der Waals surface area (Å²) in [5, 5.41) is 20.3. The van der Waals surface area contributed by atoms with Gasteiger partial charge in [-0.25, -0.2) is 9.48 Å². The maximum Gasteiger partial charge on any atom is 0.358 e. The molecule has 0 atom stereocenters. The van der Waals surface area contributed by atoms with Crippen LogP contribution in [-0.2, 0) is 19.4 Å². The van der Waals surface area contributed by atoms with E-state index < -0.39 is 5.97 Å². The van der Waals surface area contributed by atoms with Crippen molar-refractivity contribution < 1.29 is 14.4 Å². The van der Waals surface area contributed by atoms with E-state index in [0.29, 0.717) is 23.8 Å². The van der Waals surface area contributed by atoms with Gasteiger partial charge in [0.25, 0.3) is 0 Å². The molecule has 0 saturated heterocycles. The first-order valence-corrected chi connectivity index (χ1v) is 6.12. The molecule has 8 nitrogen and oxygen atoms in total. The van der Waals surface area contributed by atoms with Gasteiger partial charge < -0.3 is 9.63 Å². The van der Waals surface area contributed by atoms with E-state index in [0.717, 1.165) is 12.8 Å². The summed E-state index contributed by atoms with van der Waals surface area (Å²) in [6, 6.07) is 0. The van der Waals surface area contributed by atoms with Crippen molar-refractivity contribution in [2.45, 2.75) is 39.7 Å². The van der Waals surface area contributed by atoms with Crippen LogP contribution < -0.4 is 0 Å². The molecule has 2 rings (SSSR count). The largest absolute Gasteiger partial charge is 0.476 e. The highest BCUT2D eigenvalue weighted by molar-refractivity contribution is 5.86. The zero-order valence-electron chi connectivity index (χ0n) is 10.8. The summed E-state index contributed by atoms with van der Waals surface area (Å²) in [6.07, 6.45) is 2.21. The highest BCUT2D eigenvalue weighted by atomic mass is 16.5. The second-order valence-electron chi connectivity index (χ2n) is 4.06. The molecule has 0 fully saturated rings. The molecule has 2 heterocycles. The Morgan fingerprint density at radius 3 is 2.84 bits per heavy atom. The molecule has 102 valence electrons. The van der Waals surface area contributed by atoms with E-state index in [1.54, 1.807) is 0 Å². The molecular formula is C11H15N5O3. The van der Waals surface area contributed by atoms with Crippen LogP contribution in [0.2, 0.25) is 0 Å². The zero-order valence-corrected chi connectivity index (χ0v) is 10.8. The zero-order chi connectivity index (χ0) is 13.8. The first-order chi connectivity index (χ1) is 9.15. The lowest BCUT2D eigenvalue weighted by atomic mass is 10.2. The van der Waals surface area contributed by atoms with Crippen LogP contribution in [0.4, 0.5) is 0 Å². The van der Waals surface area contributed by atoms with Crippen LogP contribution >= 0.6 is 0 Å². The molecule has 0 bridgehead atoms. The molecule has 0 aliphatic carbocycles. The van der Waals surface area contributed by atoms with Crippen molar-refractivity contribution in [3.8, 4) is 0 Å². The Kier molecular flexibility index (Phi) is 3.88. The Balaban J connectivity index is 2.20. The van der Waals surface area contributed by atoms with E-state index in [1.807, 2.05) is 13.8 Å². The fraction of sp³-hybridized carbons (Fsp3) is 0.545. The monoisotopic (exact) mass is 265 g/mol. The van der Waals surface area contributed by atoms with Crippen LogP contribution in [0.15, 0.2) is 4.52 Å². The number of aromatic nitrogens is 5. The van der Waals surface area contributed by atoms with Gasteiger partial charge in [-0.3, -0.25) is 0 Å². The minimum atomic E-state index is -1.08. The Bertz CT molecular complexity index is 575. The summed E-state index contributed by atoms with van der Waals surface area (Å²) < 4.78 is 6.57. The van der Waals surface area contributed by atoms with Crippen LogP contribution in [-0.4, -0.2) is 36.2 Å². The molecule has 0 saturated carbocycles. The van der Waals surface area contributed by atoms with Crippen LogP contribution in [0.3, 0.4) is 0 Å². The molecule has 0 unspecified atom stereocenters. The maximum atomic E-state index is 11.0. The van der Waals surface area contributed by atoms with Gasteiger partial charge in [-0.05, 0) is 12.8 Å². The molecule has 8 heteroatoms. The van der Waals surface area contributed by atoms with Gasteiger partial charge in [0, 0.05) is 6.42 Å². The highest BCUT2D eigenvalue weighted by Gasteiger charge is 2.18. The number of carboxylic acids is 1. The van der Waals surface area contributed by atoms with Crippen LogP contribution in [0, 0.1) is 0 Å². The smallest absolute Gasteiger partial charge is 0.358 e. The molecule has 2 aromatic heterocycles. The van der Waals surface area contributed by atoms with Gasteiger partial charge in [0.05, 0.1) is 5.69 Å². The summed E-state index contributed by atoms with van der Waals surface area (Å²) in [4.78, 5) is 15.2. The SMILES string of the molecule is CCCc1noc(Cn2nnc(C(=O)O)c2CC)n1. The second-order valence-corrected chi connectivity index (χ2v) is 4.06. The lowest BCUT2D eigenvalue weighted by Crippen LogP contribution is -2.09. The summed E-state index contributed by atoms with van der Waals surface area (Å²) >= 11 is 0. The number of carbonyl (C=O) groups is 1. The topological polar surface area (TPSA) is 107 Å². The van der Waals surface area contributed by atoms with E-state index in [2.05, 4.69) is 20.5 Å². The van der Waals surface area contributed by atoms with Crippen molar-refractivity contribution in [3.05, 3.63) is 23.1 Å². The molecule has 0 radical (unpaired) electrons. The number of nitrogens with zero attached hydrogens (tertiary/aromatic N) is 5. The number of aryl methyl sites for hydroxylation is 1. The number of hydrogen-bond acceptors (Lipinski definition) is 6. The molecule has 1 N–H and O–H groups in total. The van der Waals surface area contributed by atoms with Gasteiger partial charge >= 0.3 is 5.97 Å². The van der Waals surface area contributed by atoms with E-state index in [4.69, 9.17) is 9.63 Å². The van der Waals surface area contributed by atoms with E-state index >= 15 is 0 Å². The third kappa shape index (κ3) is 2.78. The molecular weight excluding hydrogens is 250 g/mol. The molecule has 19 heavy (non-hydrogen) atoms. The normalized spacial score (nSPS) is 10.8. The van der Waals surface area contributed by atoms with Gasteiger partial charge in [0.1, 0.15) is 6.54 Å². The number of aromatic carboxylic acids is 1. The fourth-order valence-electron chi connectivity index (χ4n) is 1.78. The highest BCUT2D eigenvalue weighted by Crippen LogP contribution is 2.09. The Hall–Kier alpha value is -2.25. The van der Waals surface area contributed by atoms with Crippen LogP contribution in [0.25, 0.3) is 0 Å².